The summed E-state index contributed by atoms with van der Waals surface area (Å²) < 4.78 is 0. The maximum atomic E-state index is 4.75. The highest BCUT2D eigenvalue weighted by atomic mass is 15.0. The van der Waals surface area contributed by atoms with Crippen molar-refractivity contribution < 1.29 is 0 Å². The molecule has 0 unspecified atom stereocenters. The number of nitrogens with one attached hydrogen (secondary N) is 1. The van der Waals surface area contributed by atoms with Gasteiger partial charge in [0, 0.05) is 36.0 Å². The summed E-state index contributed by atoms with van der Waals surface area (Å²) in [5.41, 5.74) is 4.31. The van der Waals surface area contributed by atoms with Crippen LogP contribution in [0.5, 0.6) is 0 Å². The van der Waals surface area contributed by atoms with E-state index in [1.54, 1.807) is 0 Å². The molecule has 106 valence electrons. The number of pyridine rings is 1. The van der Waals surface area contributed by atoms with Gasteiger partial charge in [0.05, 0.1) is 5.69 Å². The lowest BCUT2D eigenvalue weighted by Crippen LogP contribution is -2.09. The molecule has 0 saturated heterocycles. The first-order valence-corrected chi connectivity index (χ1v) is 7.08. The van der Waals surface area contributed by atoms with E-state index in [1.807, 2.05) is 18.5 Å². The van der Waals surface area contributed by atoms with Crippen LogP contribution in [0.3, 0.4) is 0 Å². The van der Waals surface area contributed by atoms with Crippen molar-refractivity contribution in [1.29, 1.82) is 0 Å². The highest BCUT2D eigenvalue weighted by Gasteiger charge is 2.15. The van der Waals surface area contributed by atoms with Crippen molar-refractivity contribution >= 4 is 5.82 Å². The Bertz CT molecular complexity index is 605. The highest BCUT2D eigenvalue weighted by molar-refractivity contribution is 5.70. The number of aryl methyl sites for hydroxylation is 1. The van der Waals surface area contributed by atoms with Gasteiger partial charge in [-0.25, -0.2) is 9.97 Å². The number of aromatic nitrogens is 3. The molecule has 4 nitrogen and oxygen atoms in total. The normalized spacial score (nSPS) is 10.9. The molecule has 0 aliphatic rings. The molecule has 1 N–H and O–H groups in total. The fourth-order valence-corrected chi connectivity index (χ4v) is 2.11. The van der Waals surface area contributed by atoms with Gasteiger partial charge in [0.25, 0.3) is 0 Å². The largest absolute Gasteiger partial charge is 0.370 e. The lowest BCUT2D eigenvalue weighted by atomic mass is 10.0. The van der Waals surface area contributed by atoms with Crippen molar-refractivity contribution in [2.24, 2.45) is 0 Å². The van der Waals surface area contributed by atoms with Crippen LogP contribution in [-0.4, -0.2) is 21.5 Å². The second-order valence-corrected chi connectivity index (χ2v) is 5.28. The van der Waals surface area contributed by atoms with Crippen molar-refractivity contribution in [3.05, 3.63) is 35.4 Å². The number of rotatable bonds is 4. The lowest BCUT2D eigenvalue weighted by Gasteiger charge is -2.15. The van der Waals surface area contributed by atoms with Crippen LogP contribution in [0.25, 0.3) is 11.3 Å². The summed E-state index contributed by atoms with van der Waals surface area (Å²) in [6.07, 6.45) is 3.69. The van der Waals surface area contributed by atoms with E-state index in [1.165, 1.54) is 5.56 Å². The van der Waals surface area contributed by atoms with Crippen LogP contribution in [0.1, 0.15) is 43.6 Å². The summed E-state index contributed by atoms with van der Waals surface area (Å²) in [7, 11) is 0. The molecular formula is C16H22N4. The standard InChI is InChI=1S/C16H22N4/c1-6-18-16-12(5)14(19-15(20-16)10(2)3)13-9-17-8-7-11(13)4/h7-10H,6H2,1-5H3,(H,18,19,20). The van der Waals surface area contributed by atoms with Crippen molar-refractivity contribution in [2.45, 2.75) is 40.5 Å². The Morgan fingerprint density at radius 3 is 2.55 bits per heavy atom. The fourth-order valence-electron chi connectivity index (χ4n) is 2.11. The molecule has 20 heavy (non-hydrogen) atoms. The van der Waals surface area contributed by atoms with E-state index < -0.39 is 0 Å². The molecule has 0 fully saturated rings. The van der Waals surface area contributed by atoms with Gasteiger partial charge in [0.2, 0.25) is 0 Å². The molecule has 0 amide bonds. The molecule has 0 bridgehead atoms. The van der Waals surface area contributed by atoms with Crippen molar-refractivity contribution in [3.63, 3.8) is 0 Å². The molecular weight excluding hydrogens is 248 g/mol. The quantitative estimate of drug-likeness (QED) is 0.920. The fraction of sp³-hybridized carbons (Fsp3) is 0.438. The van der Waals surface area contributed by atoms with Crippen LogP contribution in [0, 0.1) is 13.8 Å². The van der Waals surface area contributed by atoms with Crippen LogP contribution >= 0.6 is 0 Å². The van der Waals surface area contributed by atoms with Crippen LogP contribution < -0.4 is 5.32 Å². The van der Waals surface area contributed by atoms with Gasteiger partial charge >= 0.3 is 0 Å². The van der Waals surface area contributed by atoms with Gasteiger partial charge in [0.15, 0.2) is 0 Å². The molecule has 4 heteroatoms. The molecule has 0 radical (unpaired) electrons. The SMILES string of the molecule is CCNc1nc(C(C)C)nc(-c2cnccc2C)c1C. The van der Waals surface area contributed by atoms with Crippen LogP contribution in [0.4, 0.5) is 5.82 Å². The Morgan fingerprint density at radius 1 is 1.20 bits per heavy atom. The first-order chi connectivity index (χ1) is 9.54. The Morgan fingerprint density at radius 2 is 1.95 bits per heavy atom. The molecule has 0 saturated carbocycles. The zero-order valence-electron chi connectivity index (χ0n) is 12.9. The third-order valence-electron chi connectivity index (χ3n) is 3.32. The summed E-state index contributed by atoms with van der Waals surface area (Å²) in [5.74, 6) is 2.08. The van der Waals surface area contributed by atoms with E-state index >= 15 is 0 Å². The van der Waals surface area contributed by atoms with Crippen LogP contribution in [-0.2, 0) is 0 Å². The zero-order chi connectivity index (χ0) is 14.7. The predicted molar refractivity (Wildman–Crippen MR) is 83.0 cm³/mol. The predicted octanol–water partition coefficient (Wildman–Crippen LogP) is 3.71. The van der Waals surface area contributed by atoms with E-state index in [0.717, 1.165) is 35.0 Å². The topological polar surface area (TPSA) is 50.7 Å². The molecule has 0 aliphatic heterocycles. The Balaban J connectivity index is 2.65. The summed E-state index contributed by atoms with van der Waals surface area (Å²) in [6, 6.07) is 2.01. The molecule has 0 atom stereocenters. The Hall–Kier alpha value is -1.97. The van der Waals surface area contributed by atoms with E-state index in [0.29, 0.717) is 5.92 Å². The monoisotopic (exact) mass is 270 g/mol. The lowest BCUT2D eigenvalue weighted by molar-refractivity contribution is 0.774. The number of hydrogen-bond acceptors (Lipinski definition) is 4. The number of anilines is 1. The van der Waals surface area contributed by atoms with E-state index in [-0.39, 0.29) is 0 Å². The molecule has 0 spiro atoms. The van der Waals surface area contributed by atoms with E-state index in [9.17, 15) is 0 Å². The molecule has 0 aromatic carbocycles. The maximum Gasteiger partial charge on any atom is 0.133 e. The van der Waals surface area contributed by atoms with E-state index in [4.69, 9.17) is 4.98 Å². The van der Waals surface area contributed by atoms with Crippen molar-refractivity contribution in [2.75, 3.05) is 11.9 Å². The van der Waals surface area contributed by atoms with Crippen LogP contribution in [0.2, 0.25) is 0 Å². The molecule has 2 aromatic heterocycles. The average molecular weight is 270 g/mol. The van der Waals surface area contributed by atoms with Gasteiger partial charge in [-0.3, -0.25) is 4.98 Å². The Labute approximate surface area is 120 Å². The number of hydrogen-bond donors (Lipinski definition) is 1. The second kappa shape index (κ2) is 5.99. The summed E-state index contributed by atoms with van der Waals surface area (Å²) in [5, 5.41) is 3.33. The minimum absolute atomic E-state index is 0.295. The highest BCUT2D eigenvalue weighted by Crippen LogP contribution is 2.29. The van der Waals surface area contributed by atoms with Crippen LogP contribution in [0.15, 0.2) is 18.5 Å². The molecule has 2 aromatic rings. The maximum absolute atomic E-state index is 4.75. The second-order valence-electron chi connectivity index (χ2n) is 5.28. The van der Waals surface area contributed by atoms with Gasteiger partial charge < -0.3 is 5.32 Å². The molecule has 2 rings (SSSR count). The van der Waals surface area contributed by atoms with Crippen molar-refractivity contribution in [1.82, 2.24) is 15.0 Å². The van der Waals surface area contributed by atoms with Gasteiger partial charge in [-0.2, -0.15) is 0 Å². The third-order valence-corrected chi connectivity index (χ3v) is 3.32. The van der Waals surface area contributed by atoms with Gasteiger partial charge in [-0.05, 0) is 32.4 Å². The van der Waals surface area contributed by atoms with E-state index in [2.05, 4.69) is 49.9 Å². The number of nitrogens with zero attached hydrogens (tertiary/aromatic N) is 3. The molecule has 0 aliphatic carbocycles. The molecule has 2 heterocycles. The van der Waals surface area contributed by atoms with Crippen molar-refractivity contribution in [3.8, 4) is 11.3 Å². The third kappa shape index (κ3) is 2.79. The smallest absolute Gasteiger partial charge is 0.133 e. The first-order valence-electron chi connectivity index (χ1n) is 7.08. The minimum atomic E-state index is 0.295. The Kier molecular flexibility index (Phi) is 4.32. The minimum Gasteiger partial charge on any atom is -0.370 e. The zero-order valence-corrected chi connectivity index (χ0v) is 12.9. The first kappa shape index (κ1) is 14.4. The summed E-state index contributed by atoms with van der Waals surface area (Å²) in [6.45, 7) is 11.3. The van der Waals surface area contributed by atoms with Gasteiger partial charge in [0.1, 0.15) is 11.6 Å². The van der Waals surface area contributed by atoms with Gasteiger partial charge in [-0.1, -0.05) is 13.8 Å². The average Bonchev–Trinajstić information content (AvgIpc) is 2.42. The van der Waals surface area contributed by atoms with Gasteiger partial charge in [-0.15, -0.1) is 0 Å². The summed E-state index contributed by atoms with van der Waals surface area (Å²) in [4.78, 5) is 13.6. The summed E-state index contributed by atoms with van der Waals surface area (Å²) >= 11 is 0.